The molecule has 2 aromatic heterocycles. The van der Waals surface area contributed by atoms with Crippen molar-refractivity contribution in [3.05, 3.63) is 63.3 Å². The maximum absolute atomic E-state index is 12.6. The van der Waals surface area contributed by atoms with Gasteiger partial charge in [-0.3, -0.25) is 9.78 Å². The molecule has 1 aromatic carbocycles. The highest BCUT2D eigenvalue weighted by molar-refractivity contribution is 6.33. The van der Waals surface area contributed by atoms with Gasteiger partial charge in [0.25, 0.3) is 0 Å². The van der Waals surface area contributed by atoms with Crippen molar-refractivity contribution >= 4 is 17.5 Å². The van der Waals surface area contributed by atoms with Crippen molar-refractivity contribution in [3.63, 3.8) is 0 Å². The van der Waals surface area contributed by atoms with Crippen molar-refractivity contribution < 1.29 is 31.1 Å². The molecule has 0 radical (unpaired) electrons. The predicted octanol–water partition coefficient (Wildman–Crippen LogP) is 3.47. The Morgan fingerprint density at radius 1 is 1.13 bits per heavy atom. The normalized spacial score (nSPS) is 12.1. The van der Waals surface area contributed by atoms with Crippen LogP contribution in [0.2, 0.25) is 5.02 Å². The largest absolute Gasteiger partial charge is 0.471 e. The van der Waals surface area contributed by atoms with E-state index >= 15 is 0 Å². The second kappa shape index (κ2) is 8.06. The molecule has 14 heteroatoms. The number of carbonyl (C=O) groups is 1. The summed E-state index contributed by atoms with van der Waals surface area (Å²) in [7, 11) is 0. The first-order chi connectivity index (χ1) is 14.4. The summed E-state index contributed by atoms with van der Waals surface area (Å²) in [4.78, 5) is 28.7. The highest BCUT2D eigenvalue weighted by Crippen LogP contribution is 2.28. The van der Waals surface area contributed by atoms with Gasteiger partial charge >= 0.3 is 23.9 Å². The molecule has 1 amide bonds. The molecule has 0 saturated carbocycles. The van der Waals surface area contributed by atoms with Crippen LogP contribution in [0.4, 0.5) is 26.3 Å². The van der Waals surface area contributed by atoms with Crippen molar-refractivity contribution in [2.24, 2.45) is 0 Å². The molecule has 0 aliphatic carbocycles. The van der Waals surface area contributed by atoms with Gasteiger partial charge in [-0.25, -0.2) is 9.78 Å². The van der Waals surface area contributed by atoms with Crippen LogP contribution in [0.1, 0.15) is 11.3 Å². The third kappa shape index (κ3) is 5.05. The minimum Gasteiger partial charge on any atom is -0.344 e. The zero-order valence-electron chi connectivity index (χ0n) is 15.0. The standard InChI is InChI=1S/C17H10ClF6N5O2/c18-11-3-1-8(6-26-14(30)17(22,23)24)5-10(11)13-27-15(31)29(28-13)9-2-4-12(25-7-9)16(19,20)21/h1-5,7H,6H2,(H,26,30)(H,27,28,31). The number of benzene rings is 1. The van der Waals surface area contributed by atoms with Gasteiger partial charge in [-0.2, -0.15) is 31.0 Å². The molecule has 3 rings (SSSR count). The van der Waals surface area contributed by atoms with Gasteiger partial charge in [0.1, 0.15) is 5.69 Å². The van der Waals surface area contributed by atoms with Gasteiger partial charge in [0, 0.05) is 12.1 Å². The van der Waals surface area contributed by atoms with E-state index in [0.717, 1.165) is 16.9 Å². The molecule has 2 heterocycles. The molecule has 0 fully saturated rings. The minimum atomic E-state index is -5.05. The van der Waals surface area contributed by atoms with E-state index in [-0.39, 0.29) is 27.7 Å². The Hall–Kier alpha value is -3.35. The molecule has 0 atom stereocenters. The number of nitrogens with zero attached hydrogens (tertiary/aromatic N) is 3. The number of hydrogen-bond acceptors (Lipinski definition) is 4. The smallest absolute Gasteiger partial charge is 0.344 e. The molecular formula is C17H10ClF6N5O2. The Bertz CT molecular complexity index is 1170. The molecule has 0 saturated heterocycles. The van der Waals surface area contributed by atoms with E-state index in [9.17, 15) is 35.9 Å². The summed E-state index contributed by atoms with van der Waals surface area (Å²) in [5.41, 5.74) is -1.69. The monoisotopic (exact) mass is 465 g/mol. The molecule has 31 heavy (non-hydrogen) atoms. The summed E-state index contributed by atoms with van der Waals surface area (Å²) < 4.78 is 75.6. The van der Waals surface area contributed by atoms with Crippen LogP contribution in [0.5, 0.6) is 0 Å². The molecule has 0 bridgehead atoms. The number of halogens is 7. The van der Waals surface area contributed by atoms with E-state index in [1.165, 1.54) is 18.2 Å². The zero-order chi connectivity index (χ0) is 23.0. The average molecular weight is 466 g/mol. The van der Waals surface area contributed by atoms with Crippen molar-refractivity contribution in [2.75, 3.05) is 0 Å². The fourth-order valence-electron chi connectivity index (χ4n) is 2.45. The molecule has 0 unspecified atom stereocenters. The van der Waals surface area contributed by atoms with Crippen LogP contribution in [-0.2, 0) is 17.5 Å². The number of nitrogens with one attached hydrogen (secondary N) is 2. The Balaban J connectivity index is 1.89. The van der Waals surface area contributed by atoms with Crippen molar-refractivity contribution in [1.82, 2.24) is 25.1 Å². The number of amides is 1. The second-order valence-electron chi connectivity index (χ2n) is 6.08. The van der Waals surface area contributed by atoms with E-state index < -0.39 is 36.2 Å². The van der Waals surface area contributed by atoms with E-state index in [1.54, 1.807) is 5.32 Å². The number of aromatic nitrogens is 4. The Morgan fingerprint density at radius 3 is 2.42 bits per heavy atom. The topological polar surface area (TPSA) is 92.7 Å². The lowest BCUT2D eigenvalue weighted by Crippen LogP contribution is -2.36. The maximum Gasteiger partial charge on any atom is 0.471 e. The number of H-pyrrole nitrogens is 1. The Labute approximate surface area is 173 Å². The van der Waals surface area contributed by atoms with Gasteiger partial charge < -0.3 is 5.32 Å². The third-order valence-electron chi connectivity index (χ3n) is 3.90. The van der Waals surface area contributed by atoms with Crippen molar-refractivity contribution in [2.45, 2.75) is 18.9 Å². The lowest BCUT2D eigenvalue weighted by Gasteiger charge is -2.09. The van der Waals surface area contributed by atoms with Crippen LogP contribution in [0, 0.1) is 0 Å². The number of aromatic amines is 1. The second-order valence-corrected chi connectivity index (χ2v) is 6.49. The first-order valence-corrected chi connectivity index (χ1v) is 8.61. The van der Waals surface area contributed by atoms with Crippen molar-refractivity contribution in [3.8, 4) is 17.1 Å². The first-order valence-electron chi connectivity index (χ1n) is 8.23. The third-order valence-corrected chi connectivity index (χ3v) is 4.23. The fraction of sp³-hybridized carbons (Fsp3) is 0.176. The van der Waals surface area contributed by atoms with Gasteiger partial charge in [0.15, 0.2) is 5.82 Å². The number of hydrogen-bond donors (Lipinski definition) is 2. The van der Waals surface area contributed by atoms with Crippen LogP contribution < -0.4 is 11.0 Å². The quantitative estimate of drug-likeness (QED) is 0.577. The molecular weight excluding hydrogens is 456 g/mol. The summed E-state index contributed by atoms with van der Waals surface area (Å²) in [6.07, 6.45) is -8.90. The molecule has 7 nitrogen and oxygen atoms in total. The van der Waals surface area contributed by atoms with Gasteiger partial charge in [0.2, 0.25) is 0 Å². The zero-order valence-corrected chi connectivity index (χ0v) is 15.7. The van der Waals surface area contributed by atoms with Gasteiger partial charge in [-0.05, 0) is 29.8 Å². The number of pyridine rings is 1. The minimum absolute atomic E-state index is 0.0646. The summed E-state index contributed by atoms with van der Waals surface area (Å²) in [5.74, 6) is -2.23. The lowest BCUT2D eigenvalue weighted by molar-refractivity contribution is -0.173. The van der Waals surface area contributed by atoms with Gasteiger partial charge in [-0.15, -0.1) is 5.10 Å². The van der Waals surface area contributed by atoms with E-state index in [2.05, 4.69) is 15.1 Å². The summed E-state index contributed by atoms with van der Waals surface area (Å²) in [6.45, 7) is -0.476. The molecule has 0 aliphatic rings. The molecule has 3 aromatic rings. The number of rotatable bonds is 4. The van der Waals surface area contributed by atoms with Crippen LogP contribution in [0.25, 0.3) is 17.1 Å². The molecule has 0 spiro atoms. The van der Waals surface area contributed by atoms with Crippen LogP contribution >= 0.6 is 11.6 Å². The summed E-state index contributed by atoms with van der Waals surface area (Å²) in [6, 6.07) is 5.65. The Kier molecular flexibility index (Phi) is 5.81. The van der Waals surface area contributed by atoms with E-state index in [1.807, 2.05) is 0 Å². The van der Waals surface area contributed by atoms with Gasteiger partial charge in [0.05, 0.1) is 16.9 Å². The molecule has 2 N–H and O–H groups in total. The average Bonchev–Trinajstić information content (AvgIpc) is 3.07. The molecule has 0 aliphatic heterocycles. The van der Waals surface area contributed by atoms with Crippen LogP contribution in [0.15, 0.2) is 41.3 Å². The van der Waals surface area contributed by atoms with E-state index in [4.69, 9.17) is 11.6 Å². The summed E-state index contributed by atoms with van der Waals surface area (Å²) in [5, 5.41) is 5.73. The lowest BCUT2D eigenvalue weighted by atomic mass is 10.1. The summed E-state index contributed by atoms with van der Waals surface area (Å²) >= 11 is 6.07. The number of alkyl halides is 6. The fourth-order valence-corrected chi connectivity index (χ4v) is 2.65. The van der Waals surface area contributed by atoms with Gasteiger partial charge in [-0.1, -0.05) is 17.7 Å². The maximum atomic E-state index is 12.6. The van der Waals surface area contributed by atoms with Crippen LogP contribution in [-0.4, -0.2) is 31.8 Å². The SMILES string of the molecule is O=C(NCc1ccc(Cl)c(-c2nn(-c3ccc(C(F)(F)F)nc3)c(=O)[nH]2)c1)C(F)(F)F. The highest BCUT2D eigenvalue weighted by atomic mass is 35.5. The van der Waals surface area contributed by atoms with Crippen molar-refractivity contribution in [1.29, 1.82) is 0 Å². The highest BCUT2D eigenvalue weighted by Gasteiger charge is 2.38. The number of carbonyl (C=O) groups excluding carboxylic acids is 1. The predicted molar refractivity (Wildman–Crippen MR) is 95.3 cm³/mol. The molecule has 164 valence electrons. The Morgan fingerprint density at radius 2 is 1.84 bits per heavy atom. The first kappa shape index (κ1) is 22.3. The van der Waals surface area contributed by atoms with Crippen LogP contribution in [0.3, 0.4) is 0 Å². The van der Waals surface area contributed by atoms with E-state index in [0.29, 0.717) is 6.07 Å².